The van der Waals surface area contributed by atoms with Crippen molar-refractivity contribution in [1.82, 2.24) is 19.3 Å². The quantitative estimate of drug-likeness (QED) is 0.456. The molecule has 0 radical (unpaired) electrons. The lowest BCUT2D eigenvalue weighted by molar-refractivity contribution is 0.553. The van der Waals surface area contributed by atoms with E-state index in [9.17, 15) is 0 Å². The van der Waals surface area contributed by atoms with Crippen LogP contribution in [0.2, 0.25) is 0 Å². The molecule has 6 rings (SSSR count). The molecule has 144 valence electrons. The van der Waals surface area contributed by atoms with Gasteiger partial charge in [0, 0.05) is 55.9 Å². The number of nitrogens with zero attached hydrogens (tertiary/aromatic N) is 5. The number of aromatic nitrogens is 4. The third-order valence-electron chi connectivity index (χ3n) is 5.84. The van der Waals surface area contributed by atoms with E-state index < -0.39 is 0 Å². The molecule has 29 heavy (non-hydrogen) atoms. The second-order valence-corrected chi connectivity index (χ2v) is 7.83. The summed E-state index contributed by atoms with van der Waals surface area (Å²) < 4.78 is 10.1. The first-order valence-electron chi connectivity index (χ1n) is 9.86. The second-order valence-electron chi connectivity index (χ2n) is 7.83. The van der Waals surface area contributed by atoms with Crippen LogP contribution in [0.15, 0.2) is 59.3 Å². The summed E-state index contributed by atoms with van der Waals surface area (Å²) in [5.41, 5.74) is 7.71. The Morgan fingerprint density at radius 2 is 1.86 bits per heavy atom. The molecular weight excluding hydrogens is 362 g/mol. The van der Waals surface area contributed by atoms with E-state index in [0.717, 1.165) is 36.2 Å². The molecule has 0 aliphatic carbocycles. The fraction of sp³-hybridized carbons (Fsp3) is 0.217. The fourth-order valence-electron chi connectivity index (χ4n) is 4.31. The number of fused-ring (bicyclic) bond motifs is 3. The molecule has 5 aromatic rings. The summed E-state index contributed by atoms with van der Waals surface area (Å²) in [6.45, 7) is 1.65. The molecule has 2 aromatic carbocycles. The number of anilines is 1. The van der Waals surface area contributed by atoms with Gasteiger partial charge in [-0.15, -0.1) is 0 Å². The van der Waals surface area contributed by atoms with E-state index in [0.29, 0.717) is 6.01 Å². The third kappa shape index (κ3) is 2.63. The van der Waals surface area contributed by atoms with E-state index in [1.165, 1.54) is 27.7 Å². The van der Waals surface area contributed by atoms with Crippen molar-refractivity contribution >= 4 is 28.0 Å². The predicted molar refractivity (Wildman–Crippen MR) is 114 cm³/mol. The zero-order valence-corrected chi connectivity index (χ0v) is 16.5. The van der Waals surface area contributed by atoms with Crippen LogP contribution in [0.1, 0.15) is 11.3 Å². The van der Waals surface area contributed by atoms with Crippen LogP contribution in [-0.4, -0.2) is 25.9 Å². The summed E-state index contributed by atoms with van der Waals surface area (Å²) in [5, 5.41) is 5.77. The molecule has 1 aliphatic rings. The van der Waals surface area contributed by atoms with Gasteiger partial charge in [0.15, 0.2) is 5.58 Å². The lowest BCUT2D eigenvalue weighted by Crippen LogP contribution is -2.30. The van der Waals surface area contributed by atoms with Crippen molar-refractivity contribution in [2.75, 3.05) is 11.4 Å². The zero-order valence-electron chi connectivity index (χ0n) is 16.5. The van der Waals surface area contributed by atoms with Gasteiger partial charge < -0.3 is 13.9 Å². The Kier molecular flexibility index (Phi) is 3.38. The summed E-state index contributed by atoms with van der Waals surface area (Å²) in [7, 11) is 4.04. The monoisotopic (exact) mass is 383 g/mol. The van der Waals surface area contributed by atoms with Crippen LogP contribution < -0.4 is 4.90 Å². The molecule has 0 unspecified atom stereocenters. The van der Waals surface area contributed by atoms with Crippen molar-refractivity contribution in [3.8, 4) is 11.1 Å². The summed E-state index contributed by atoms with van der Waals surface area (Å²) in [4.78, 5) is 6.99. The van der Waals surface area contributed by atoms with E-state index in [-0.39, 0.29) is 0 Å². The Balaban J connectivity index is 1.35. The molecule has 6 heteroatoms. The van der Waals surface area contributed by atoms with Crippen LogP contribution in [0.4, 0.5) is 6.01 Å². The fourth-order valence-corrected chi connectivity index (χ4v) is 4.31. The number of hydrogen-bond acceptors (Lipinski definition) is 4. The molecule has 1 aliphatic heterocycles. The largest absolute Gasteiger partial charge is 0.423 e. The van der Waals surface area contributed by atoms with Gasteiger partial charge in [-0.2, -0.15) is 10.1 Å². The highest BCUT2D eigenvalue weighted by Gasteiger charge is 2.23. The summed E-state index contributed by atoms with van der Waals surface area (Å²) in [5.74, 6) is 0. The van der Waals surface area contributed by atoms with Crippen molar-refractivity contribution in [3.63, 3.8) is 0 Å². The Morgan fingerprint density at radius 1 is 1.00 bits per heavy atom. The highest BCUT2D eigenvalue weighted by atomic mass is 16.4. The SMILES string of the molecule is Cn1cc2c(n1)CCN(c1nc3cc(-c4ccc5c(ccn5C)c4)ccc3o1)C2. The number of aryl methyl sites for hydroxylation is 2. The van der Waals surface area contributed by atoms with E-state index in [1.54, 1.807) is 0 Å². The lowest BCUT2D eigenvalue weighted by Gasteiger charge is -2.24. The molecule has 0 N–H and O–H groups in total. The van der Waals surface area contributed by atoms with E-state index in [4.69, 9.17) is 9.40 Å². The Bertz CT molecular complexity index is 1370. The van der Waals surface area contributed by atoms with Gasteiger partial charge in [-0.05, 0) is 41.5 Å². The molecule has 6 nitrogen and oxygen atoms in total. The summed E-state index contributed by atoms with van der Waals surface area (Å²) in [6, 6.07) is 15.6. The minimum absolute atomic E-state index is 0.685. The minimum Gasteiger partial charge on any atom is -0.423 e. The Labute approximate surface area is 168 Å². The van der Waals surface area contributed by atoms with Gasteiger partial charge in [0.05, 0.1) is 12.2 Å². The van der Waals surface area contributed by atoms with Crippen LogP contribution in [0.25, 0.3) is 33.1 Å². The van der Waals surface area contributed by atoms with Crippen LogP contribution in [-0.2, 0) is 27.1 Å². The molecular formula is C23H21N5O. The highest BCUT2D eigenvalue weighted by molar-refractivity contribution is 5.88. The number of benzene rings is 2. The van der Waals surface area contributed by atoms with Crippen LogP contribution in [0, 0.1) is 0 Å². The molecule has 0 saturated heterocycles. The maximum Gasteiger partial charge on any atom is 0.298 e. The van der Waals surface area contributed by atoms with E-state index >= 15 is 0 Å². The van der Waals surface area contributed by atoms with Crippen molar-refractivity contribution in [2.24, 2.45) is 14.1 Å². The van der Waals surface area contributed by atoms with Crippen LogP contribution >= 0.6 is 0 Å². The van der Waals surface area contributed by atoms with Crippen molar-refractivity contribution in [2.45, 2.75) is 13.0 Å². The Hall–Kier alpha value is -3.54. The first-order valence-corrected chi connectivity index (χ1v) is 9.86. The minimum atomic E-state index is 0.685. The molecule has 0 amide bonds. The molecule has 4 heterocycles. The van der Waals surface area contributed by atoms with Crippen LogP contribution in [0.3, 0.4) is 0 Å². The van der Waals surface area contributed by atoms with Gasteiger partial charge in [-0.1, -0.05) is 12.1 Å². The Morgan fingerprint density at radius 3 is 2.79 bits per heavy atom. The maximum absolute atomic E-state index is 6.08. The zero-order chi connectivity index (χ0) is 19.5. The van der Waals surface area contributed by atoms with Crippen molar-refractivity contribution in [1.29, 1.82) is 0 Å². The average Bonchev–Trinajstić information content (AvgIpc) is 3.42. The smallest absolute Gasteiger partial charge is 0.298 e. The average molecular weight is 383 g/mol. The normalized spacial score (nSPS) is 14.1. The van der Waals surface area contributed by atoms with Gasteiger partial charge in [0.1, 0.15) is 5.52 Å². The number of hydrogen-bond donors (Lipinski definition) is 0. The number of oxazole rings is 1. The summed E-state index contributed by atoms with van der Waals surface area (Å²) >= 11 is 0. The van der Waals surface area contributed by atoms with Gasteiger partial charge in [0.2, 0.25) is 0 Å². The van der Waals surface area contributed by atoms with Crippen molar-refractivity contribution in [3.05, 3.63) is 66.1 Å². The van der Waals surface area contributed by atoms with Gasteiger partial charge in [0.25, 0.3) is 6.01 Å². The lowest BCUT2D eigenvalue weighted by atomic mass is 10.0. The maximum atomic E-state index is 6.08. The molecule has 0 saturated carbocycles. The van der Waals surface area contributed by atoms with Gasteiger partial charge in [-0.25, -0.2) is 0 Å². The molecule has 0 bridgehead atoms. The van der Waals surface area contributed by atoms with Gasteiger partial charge >= 0.3 is 0 Å². The topological polar surface area (TPSA) is 52.0 Å². The second kappa shape index (κ2) is 5.98. The first kappa shape index (κ1) is 16.4. The predicted octanol–water partition coefficient (Wildman–Crippen LogP) is 4.28. The van der Waals surface area contributed by atoms with E-state index in [1.807, 2.05) is 17.8 Å². The summed E-state index contributed by atoms with van der Waals surface area (Å²) in [6.07, 6.45) is 5.09. The van der Waals surface area contributed by atoms with Crippen LogP contribution in [0.5, 0.6) is 0 Å². The van der Waals surface area contributed by atoms with E-state index in [2.05, 4.69) is 70.4 Å². The highest BCUT2D eigenvalue weighted by Crippen LogP contribution is 2.31. The molecule has 3 aromatic heterocycles. The standard InChI is InChI=1S/C23H21N5O/c1-26-9-7-17-11-15(3-5-21(17)26)16-4-6-22-20(12-16)24-23(29-22)28-10-8-19-18(14-28)13-27(2)25-19/h3-7,9,11-13H,8,10,14H2,1-2H3. The molecule has 0 atom stereocenters. The third-order valence-corrected chi connectivity index (χ3v) is 5.84. The molecule has 0 fully saturated rings. The number of rotatable bonds is 2. The van der Waals surface area contributed by atoms with Crippen molar-refractivity contribution < 1.29 is 4.42 Å². The first-order chi connectivity index (χ1) is 14.1. The van der Waals surface area contributed by atoms with Gasteiger partial charge in [-0.3, -0.25) is 4.68 Å². The molecule has 0 spiro atoms.